The summed E-state index contributed by atoms with van der Waals surface area (Å²) < 4.78 is 51.4. The van der Waals surface area contributed by atoms with Crippen LogP contribution in [0.2, 0.25) is 0 Å². The van der Waals surface area contributed by atoms with E-state index in [-0.39, 0.29) is 60.9 Å². The fourth-order valence-corrected chi connectivity index (χ4v) is 12.3. The predicted molar refractivity (Wildman–Crippen MR) is 250 cm³/mol. The molecule has 19 atom stereocenters. The number of nitrogens with zero attached hydrogens (tertiary/aromatic N) is 2. The number of ketones is 1. The zero-order valence-corrected chi connectivity index (χ0v) is 42.7. The highest BCUT2D eigenvalue weighted by molar-refractivity contribution is 8.00. The van der Waals surface area contributed by atoms with Crippen molar-refractivity contribution in [2.24, 2.45) is 29.6 Å². The van der Waals surface area contributed by atoms with Crippen LogP contribution in [-0.2, 0) is 52.3 Å². The number of nitrogens with one attached hydrogen (secondary N) is 1. The number of likely N-dealkylation sites (N-methyl/N-ethyl adjacent to an activating group) is 1. The van der Waals surface area contributed by atoms with Gasteiger partial charge in [-0.3, -0.25) is 19.2 Å². The van der Waals surface area contributed by atoms with Crippen molar-refractivity contribution in [2.45, 2.75) is 178 Å². The zero-order valence-electron chi connectivity index (χ0n) is 41.9. The molecule has 3 unspecified atom stereocenters. The molecule has 1 aromatic heterocycles. The number of aromatic nitrogens is 1. The number of amides is 1. The van der Waals surface area contributed by atoms with Crippen LogP contribution in [0.1, 0.15) is 105 Å². The van der Waals surface area contributed by atoms with Crippen molar-refractivity contribution in [3.8, 4) is 0 Å². The smallest absolute Gasteiger partial charge is 0.320 e. The van der Waals surface area contributed by atoms with Crippen molar-refractivity contribution < 1.29 is 67.3 Å². The largest absolute Gasteiger partial charge is 0.458 e. The summed E-state index contributed by atoms with van der Waals surface area (Å²) in [5.74, 6) is -5.48. The summed E-state index contributed by atoms with van der Waals surface area (Å²) in [5.41, 5.74) is 2.35. The first kappa shape index (κ1) is 55.0. The molecular formula is C48H78N4O14S. The number of carbonyl (C=O) groups excluding carboxylic acids is 4. The molecule has 380 valence electrons. The second kappa shape index (κ2) is 22.4. The number of Topliss-reactive ketones (excluding diaryl/α,β-unsaturated/α-hetero) is 1. The summed E-state index contributed by atoms with van der Waals surface area (Å²) in [6, 6.07) is 2.87. The molecule has 1 aromatic rings. The summed E-state index contributed by atoms with van der Waals surface area (Å²) in [6.45, 7) is 18.1. The van der Waals surface area contributed by atoms with E-state index in [1.807, 2.05) is 53.6 Å². The van der Waals surface area contributed by atoms with Gasteiger partial charge in [-0.25, -0.2) is 4.98 Å². The number of nitrogens with two attached hydrogens (primary N) is 1. The molecule has 5 rings (SSSR count). The first-order valence-electron chi connectivity index (χ1n) is 23.7. The maximum Gasteiger partial charge on any atom is 0.320 e. The van der Waals surface area contributed by atoms with Gasteiger partial charge in [0, 0.05) is 68.8 Å². The van der Waals surface area contributed by atoms with Crippen LogP contribution >= 0.6 is 11.8 Å². The second-order valence-corrected chi connectivity index (χ2v) is 21.3. The van der Waals surface area contributed by atoms with E-state index in [4.69, 9.17) is 43.6 Å². The van der Waals surface area contributed by atoms with Crippen LogP contribution in [0.15, 0.2) is 18.3 Å². The van der Waals surface area contributed by atoms with E-state index in [1.165, 1.54) is 32.2 Å². The van der Waals surface area contributed by atoms with Crippen LogP contribution in [0, 0.1) is 29.6 Å². The Hall–Kier alpha value is -2.98. The SMILES string of the molecule is CC[C@H]1OC(=O)[C@H](C)[C@@H](O[C@H]2C[C@@](C)(OC)[C@@H](O)[C@@H](C)O2)[C@H](C)[C@@H](O[C@@H]2O[C@H](C)C[C@H](N(C)C)[C@H]2O)[C@](C)(OC)C[C@@H](C)C(=O)C(C)C2C(SCCNC(=O)c3cccnc3N)C(=O)O[C@@]21C. The average Bonchev–Trinajstić information content (AvgIpc) is 3.54. The van der Waals surface area contributed by atoms with Gasteiger partial charge in [0.25, 0.3) is 5.91 Å². The molecule has 0 aromatic carbocycles. The molecule has 5 N–H and O–H groups in total. The van der Waals surface area contributed by atoms with Crippen LogP contribution in [0.4, 0.5) is 5.82 Å². The Morgan fingerprint density at radius 3 is 2.25 bits per heavy atom. The molecule has 0 radical (unpaired) electrons. The number of methoxy groups -OCH3 is 2. The van der Waals surface area contributed by atoms with E-state index < -0.39 is 119 Å². The van der Waals surface area contributed by atoms with Gasteiger partial charge in [-0.1, -0.05) is 27.7 Å². The molecule has 1 amide bonds. The molecule has 19 heteroatoms. The van der Waals surface area contributed by atoms with Crippen LogP contribution in [0.5, 0.6) is 0 Å². The molecule has 5 heterocycles. The van der Waals surface area contributed by atoms with Crippen LogP contribution in [0.3, 0.4) is 0 Å². The van der Waals surface area contributed by atoms with Crippen molar-refractivity contribution in [1.82, 2.24) is 15.2 Å². The third-order valence-electron chi connectivity index (χ3n) is 15.0. The first-order chi connectivity index (χ1) is 31.4. The lowest BCUT2D eigenvalue weighted by Crippen LogP contribution is -2.61. The molecule has 4 fully saturated rings. The van der Waals surface area contributed by atoms with Crippen molar-refractivity contribution in [2.75, 3.05) is 46.3 Å². The van der Waals surface area contributed by atoms with Crippen LogP contribution in [-0.4, -0.2) is 168 Å². The van der Waals surface area contributed by atoms with E-state index in [1.54, 1.807) is 46.8 Å². The molecule has 4 saturated heterocycles. The van der Waals surface area contributed by atoms with Gasteiger partial charge in [-0.2, -0.15) is 0 Å². The number of aliphatic hydroxyl groups excluding tert-OH is 2. The van der Waals surface area contributed by atoms with E-state index in [9.17, 15) is 24.6 Å². The lowest BCUT2D eigenvalue weighted by molar-refractivity contribution is -0.319. The van der Waals surface area contributed by atoms with Crippen molar-refractivity contribution in [1.29, 1.82) is 0 Å². The molecule has 0 saturated carbocycles. The molecule has 4 aliphatic heterocycles. The quantitative estimate of drug-likeness (QED) is 0.163. The number of hydrogen-bond donors (Lipinski definition) is 4. The topological polar surface area (TPSA) is 237 Å². The molecule has 0 spiro atoms. The van der Waals surface area contributed by atoms with E-state index in [0.717, 1.165) is 0 Å². The summed E-state index contributed by atoms with van der Waals surface area (Å²) in [7, 11) is 6.80. The minimum atomic E-state index is -1.45. The van der Waals surface area contributed by atoms with E-state index in [2.05, 4.69) is 10.3 Å². The number of pyridine rings is 1. The number of ether oxygens (including phenoxy) is 8. The minimum absolute atomic E-state index is 0.0894. The molecule has 18 nitrogen and oxygen atoms in total. The van der Waals surface area contributed by atoms with Crippen molar-refractivity contribution in [3.05, 3.63) is 23.9 Å². The maximum absolute atomic E-state index is 15.0. The number of anilines is 1. The van der Waals surface area contributed by atoms with Gasteiger partial charge < -0.3 is 64.1 Å². The van der Waals surface area contributed by atoms with Crippen molar-refractivity contribution in [3.63, 3.8) is 0 Å². The Morgan fingerprint density at radius 1 is 0.970 bits per heavy atom. The number of nitrogen functional groups attached to an aromatic ring is 1. The van der Waals surface area contributed by atoms with Crippen molar-refractivity contribution >= 4 is 41.2 Å². The Morgan fingerprint density at radius 2 is 1.64 bits per heavy atom. The summed E-state index contributed by atoms with van der Waals surface area (Å²) in [4.78, 5) is 62.9. The number of rotatable bonds is 13. The maximum atomic E-state index is 15.0. The fourth-order valence-electron chi connectivity index (χ4n) is 11.0. The van der Waals surface area contributed by atoms with Crippen LogP contribution in [0.25, 0.3) is 0 Å². The Labute approximate surface area is 400 Å². The Kier molecular flexibility index (Phi) is 18.4. The average molecular weight is 967 g/mol. The number of cyclic esters (lactones) is 1. The van der Waals surface area contributed by atoms with Gasteiger partial charge in [0.1, 0.15) is 35.2 Å². The number of thioether (sulfide) groups is 1. The van der Waals surface area contributed by atoms with Gasteiger partial charge in [0.2, 0.25) is 0 Å². The Bertz CT molecular complexity index is 1880. The molecule has 0 bridgehead atoms. The summed E-state index contributed by atoms with van der Waals surface area (Å²) in [6.07, 6.45) is -5.71. The highest BCUT2D eigenvalue weighted by Gasteiger charge is 2.62. The fraction of sp³-hybridized carbons (Fsp3) is 0.812. The first-order valence-corrected chi connectivity index (χ1v) is 24.7. The van der Waals surface area contributed by atoms with Gasteiger partial charge in [0.05, 0.1) is 47.1 Å². The summed E-state index contributed by atoms with van der Waals surface area (Å²) in [5, 5.41) is 24.9. The normalized spacial score (nSPS) is 42.4. The van der Waals surface area contributed by atoms with Gasteiger partial charge in [0.15, 0.2) is 18.2 Å². The van der Waals surface area contributed by atoms with Gasteiger partial charge in [-0.15, -0.1) is 11.8 Å². The third-order valence-corrected chi connectivity index (χ3v) is 16.3. The van der Waals surface area contributed by atoms with Gasteiger partial charge >= 0.3 is 11.9 Å². The summed E-state index contributed by atoms with van der Waals surface area (Å²) >= 11 is 1.26. The molecular weight excluding hydrogens is 889 g/mol. The molecule has 4 aliphatic rings. The molecule has 0 aliphatic carbocycles. The number of hydrogen-bond acceptors (Lipinski definition) is 18. The third kappa shape index (κ3) is 11.6. The number of aliphatic hydroxyl groups is 2. The Balaban J connectivity index is 1.57. The predicted octanol–water partition coefficient (Wildman–Crippen LogP) is 3.77. The monoisotopic (exact) mass is 967 g/mol. The second-order valence-electron chi connectivity index (χ2n) is 20.1. The minimum Gasteiger partial charge on any atom is -0.458 e. The standard InChI is InChI=1S/C48H78N4O14S/c1-15-32-48(10)34(38(44(58)66-48)67-20-19-51-42(56)30-17-16-18-50-41(30)49)26(4)35(53)24(2)22-47(9,60-14)40(65-45-36(54)31(52(11)12)21-25(3)61-45)27(5)37(28(6)43(57)63-32)64-33-23-46(8,59-13)39(55)29(7)62-33/h16-18,24-29,31-34,36-40,45,54-55H,15,19-23H2,1-14H3,(H2,49,50)(H,51,56)/t24-,25-,26?,27+,28-,29-,31+,32-,33+,34?,36-,37+,38?,39+,40-,45+,46-,47-,48-/m1/s1. The number of esters is 2. The van der Waals surface area contributed by atoms with E-state index >= 15 is 4.79 Å². The highest BCUT2D eigenvalue weighted by Crippen LogP contribution is 2.49. The zero-order chi connectivity index (χ0) is 49.9. The lowest BCUT2D eigenvalue weighted by atomic mass is 9.70. The number of fused-ring (bicyclic) bond motifs is 1. The number of carbonyl (C=O) groups is 4. The van der Waals surface area contributed by atoms with Crippen LogP contribution < -0.4 is 11.1 Å². The van der Waals surface area contributed by atoms with Gasteiger partial charge in [-0.05, 0) is 87.0 Å². The lowest BCUT2D eigenvalue weighted by Gasteiger charge is -2.50. The molecule has 67 heavy (non-hydrogen) atoms. The highest BCUT2D eigenvalue weighted by atomic mass is 32.2. The van der Waals surface area contributed by atoms with E-state index in [0.29, 0.717) is 6.42 Å².